The van der Waals surface area contributed by atoms with E-state index in [2.05, 4.69) is 22.0 Å². The fraction of sp³-hybridized carbons (Fsp3) is 0.263. The molecule has 4 rings (SSSR count). The molecule has 2 atom stereocenters. The first-order chi connectivity index (χ1) is 16.2. The topological polar surface area (TPSA) is 191 Å². The van der Waals surface area contributed by atoms with Gasteiger partial charge in [-0.15, -0.1) is 23.1 Å². The number of nitrogens with two attached hydrogens (primary N) is 1. The summed E-state index contributed by atoms with van der Waals surface area (Å²) in [5, 5.41) is 15.7. The van der Waals surface area contributed by atoms with Crippen molar-refractivity contribution in [1.82, 2.24) is 15.2 Å². The van der Waals surface area contributed by atoms with Gasteiger partial charge < -0.3 is 29.8 Å². The Morgan fingerprint density at radius 1 is 1.47 bits per heavy atom. The van der Waals surface area contributed by atoms with Crippen LogP contribution in [0.4, 0.5) is 5.13 Å². The zero-order valence-electron chi connectivity index (χ0n) is 17.5. The lowest BCUT2D eigenvalue weighted by Gasteiger charge is -2.49. The van der Waals surface area contributed by atoms with E-state index in [0.29, 0.717) is 11.3 Å². The molecule has 1 saturated heterocycles. The molecule has 13 nitrogen and oxygen atoms in total. The second-order valence-corrected chi connectivity index (χ2v) is 8.96. The van der Waals surface area contributed by atoms with Gasteiger partial charge in [-0.1, -0.05) is 17.8 Å². The van der Waals surface area contributed by atoms with Crippen LogP contribution in [0.2, 0.25) is 0 Å². The minimum atomic E-state index is -0.992. The van der Waals surface area contributed by atoms with E-state index < -0.39 is 40.7 Å². The predicted octanol–water partition coefficient (Wildman–Crippen LogP) is 0.342. The molecule has 1 unspecified atom stereocenters. The summed E-state index contributed by atoms with van der Waals surface area (Å²) in [4.78, 5) is 54.6. The number of anilines is 1. The number of fused-ring (bicyclic) bond motifs is 1. The zero-order valence-corrected chi connectivity index (χ0v) is 19.1. The first-order valence-corrected chi connectivity index (χ1v) is 11.5. The number of oxime groups is 1. The number of ether oxygens (including phenoxy) is 1. The molecule has 0 aromatic carbocycles. The lowest BCUT2D eigenvalue weighted by atomic mass is 10.0. The van der Waals surface area contributed by atoms with E-state index in [1.807, 2.05) is 0 Å². The molecular formula is C19H17N5O8S2. The van der Waals surface area contributed by atoms with Gasteiger partial charge in [0.25, 0.3) is 11.8 Å². The molecule has 2 aromatic heterocycles. The molecule has 0 bridgehead atoms. The highest BCUT2D eigenvalue weighted by Gasteiger charge is 2.54. The van der Waals surface area contributed by atoms with E-state index >= 15 is 0 Å². The van der Waals surface area contributed by atoms with Crippen LogP contribution in [0.5, 0.6) is 0 Å². The third kappa shape index (κ3) is 4.10. The smallest absolute Gasteiger partial charge is 0.453 e. The van der Waals surface area contributed by atoms with Gasteiger partial charge in [-0.25, -0.2) is 14.6 Å². The third-order valence-corrected chi connectivity index (χ3v) is 6.95. The lowest BCUT2D eigenvalue weighted by molar-refractivity contribution is -0.153. The number of aromatic nitrogens is 1. The molecule has 1 fully saturated rings. The maximum Gasteiger partial charge on any atom is 0.519 e. The first kappa shape index (κ1) is 23.3. The van der Waals surface area contributed by atoms with Crippen molar-refractivity contribution in [2.75, 3.05) is 11.5 Å². The monoisotopic (exact) mass is 507 g/mol. The fourth-order valence-corrected chi connectivity index (χ4v) is 5.20. The first-order valence-electron chi connectivity index (χ1n) is 9.56. The summed E-state index contributed by atoms with van der Waals surface area (Å²) >= 11 is 2.36. The summed E-state index contributed by atoms with van der Waals surface area (Å²) in [6.07, 6.45) is 1.44. The molecule has 2 aliphatic rings. The van der Waals surface area contributed by atoms with Crippen LogP contribution in [0.3, 0.4) is 0 Å². The molecule has 34 heavy (non-hydrogen) atoms. The largest absolute Gasteiger partial charge is 0.519 e. The van der Waals surface area contributed by atoms with Gasteiger partial charge in [-0.05, 0) is 12.5 Å². The van der Waals surface area contributed by atoms with Crippen LogP contribution in [-0.2, 0) is 25.7 Å². The molecule has 2 aliphatic heterocycles. The zero-order chi connectivity index (χ0) is 24.6. The number of allylic oxidation sites excluding steroid dienone is 1. The van der Waals surface area contributed by atoms with Crippen molar-refractivity contribution in [3.05, 3.63) is 57.1 Å². The molecule has 178 valence electrons. The number of carbonyl (C=O) groups is 3. The number of hydrogen-bond donors (Lipinski definition) is 3. The van der Waals surface area contributed by atoms with Gasteiger partial charge >= 0.3 is 11.8 Å². The van der Waals surface area contributed by atoms with Gasteiger partial charge in [0.15, 0.2) is 29.0 Å². The van der Waals surface area contributed by atoms with Crippen molar-refractivity contribution in [2.24, 2.45) is 5.16 Å². The average molecular weight is 508 g/mol. The Kier molecular flexibility index (Phi) is 6.30. The molecule has 2 aromatic rings. The van der Waals surface area contributed by atoms with Crippen LogP contribution < -0.4 is 16.9 Å². The second-order valence-electron chi connectivity index (χ2n) is 6.97. The lowest BCUT2D eigenvalue weighted by Crippen LogP contribution is -2.71. The maximum absolute atomic E-state index is 12.9. The molecule has 15 heteroatoms. The number of nitrogen functional groups attached to an aromatic ring is 1. The summed E-state index contributed by atoms with van der Waals surface area (Å²) in [5.74, 6) is -2.64. The number of thioether (sulfide) groups is 1. The third-order valence-electron chi connectivity index (χ3n) is 4.97. The van der Waals surface area contributed by atoms with E-state index in [-0.39, 0.29) is 34.6 Å². The maximum atomic E-state index is 12.9. The highest BCUT2D eigenvalue weighted by molar-refractivity contribution is 8.00. The number of aryl methyl sites for hydroxylation is 1. The van der Waals surface area contributed by atoms with Gasteiger partial charge in [0.2, 0.25) is 0 Å². The van der Waals surface area contributed by atoms with E-state index in [1.54, 1.807) is 0 Å². The number of nitrogens with one attached hydrogen (secondary N) is 1. The van der Waals surface area contributed by atoms with Crippen LogP contribution in [-0.4, -0.2) is 55.8 Å². The summed E-state index contributed by atoms with van der Waals surface area (Å²) in [6, 6.07) is -0.992. The molecule has 4 heterocycles. The molecular weight excluding hydrogens is 490 g/mol. The number of β-lactam (4-membered cyclic amide) rings is 1. The molecule has 0 radical (unpaired) electrons. The van der Waals surface area contributed by atoms with E-state index in [4.69, 9.17) is 19.3 Å². The van der Waals surface area contributed by atoms with Gasteiger partial charge in [-0.2, -0.15) is 0 Å². The Morgan fingerprint density at radius 2 is 2.24 bits per heavy atom. The van der Waals surface area contributed by atoms with Crippen molar-refractivity contribution in [3.63, 3.8) is 0 Å². The summed E-state index contributed by atoms with van der Waals surface area (Å²) in [7, 11) is 0. The van der Waals surface area contributed by atoms with Crippen molar-refractivity contribution in [3.8, 4) is 0 Å². The minimum absolute atomic E-state index is 0.0268. The van der Waals surface area contributed by atoms with Crippen LogP contribution >= 0.6 is 23.1 Å². The number of amides is 2. The summed E-state index contributed by atoms with van der Waals surface area (Å²) in [6.45, 7) is 4.78. The molecule has 4 N–H and O–H groups in total. The minimum Gasteiger partial charge on any atom is -0.453 e. The Balaban J connectivity index is 1.48. The van der Waals surface area contributed by atoms with Crippen LogP contribution in [0, 0.1) is 6.92 Å². The van der Waals surface area contributed by atoms with Crippen molar-refractivity contribution in [1.29, 1.82) is 0 Å². The Bertz CT molecular complexity index is 1310. The fourth-order valence-electron chi connectivity index (χ4n) is 3.31. The highest BCUT2D eigenvalue weighted by atomic mass is 32.2. The number of hydrogen-bond acceptors (Lipinski definition) is 13. The SMILES string of the molecule is C=CC1=C(C(=O)OCc2oc(=O)oc2C)N2C(=O)C(NC(=O)/C(=N\O)c3csc(N)n3)[C@@H]2SC1. The molecule has 0 aliphatic carbocycles. The van der Waals surface area contributed by atoms with Crippen LogP contribution in [0.15, 0.2) is 48.1 Å². The van der Waals surface area contributed by atoms with E-state index in [0.717, 1.165) is 11.3 Å². The number of carbonyl (C=O) groups excluding carboxylic acids is 3. The number of thiazole rings is 1. The van der Waals surface area contributed by atoms with Gasteiger partial charge in [0.1, 0.15) is 22.8 Å². The van der Waals surface area contributed by atoms with Crippen molar-refractivity contribution in [2.45, 2.75) is 24.9 Å². The van der Waals surface area contributed by atoms with Gasteiger partial charge in [-0.3, -0.25) is 14.5 Å². The number of esters is 1. The highest BCUT2D eigenvalue weighted by Crippen LogP contribution is 2.41. The molecule has 0 saturated carbocycles. The van der Waals surface area contributed by atoms with Crippen molar-refractivity contribution >= 4 is 51.7 Å². The van der Waals surface area contributed by atoms with Crippen LogP contribution in [0.25, 0.3) is 0 Å². The van der Waals surface area contributed by atoms with E-state index in [9.17, 15) is 24.4 Å². The molecule has 2 amide bonds. The van der Waals surface area contributed by atoms with E-state index in [1.165, 1.54) is 35.0 Å². The average Bonchev–Trinajstić information content (AvgIpc) is 3.38. The second kappa shape index (κ2) is 9.18. The summed E-state index contributed by atoms with van der Waals surface area (Å²) < 4.78 is 14.8. The number of nitrogens with zero attached hydrogens (tertiary/aromatic N) is 3. The van der Waals surface area contributed by atoms with Gasteiger partial charge in [0.05, 0.1) is 0 Å². The Labute approximate surface area is 198 Å². The quantitative estimate of drug-likeness (QED) is 0.154. The normalized spacial score (nSPS) is 20.0. The predicted molar refractivity (Wildman–Crippen MR) is 119 cm³/mol. The molecule has 0 spiro atoms. The number of rotatable bonds is 7. The summed E-state index contributed by atoms with van der Waals surface area (Å²) in [5.41, 5.74) is 5.64. The standard InChI is InChI=1S/C19H17N5O8S2/c1-3-8-5-33-16-12(22-14(25)11(23-29)9-6-34-18(20)21-9)15(26)24(16)13(8)17(27)30-4-10-7(2)31-19(28)32-10/h3,6,12,16,29H,1,4-5H2,2H3,(H2,20,21)(H,22,25)/b23-11-/t12?,16-/m0/s1. The Hall–Kier alpha value is -3.85. The van der Waals surface area contributed by atoms with Gasteiger partial charge in [0, 0.05) is 11.1 Å². The van der Waals surface area contributed by atoms with Crippen LogP contribution in [0.1, 0.15) is 17.2 Å². The Morgan fingerprint density at radius 3 is 2.82 bits per heavy atom. The van der Waals surface area contributed by atoms with Crippen molar-refractivity contribution < 1.29 is 33.2 Å².